The number of ether oxygens (including phenoxy) is 1. The molecule has 0 atom stereocenters. The number of aliphatic imine (C=N–C) groups is 1. The lowest BCUT2D eigenvalue weighted by atomic mass is 10.1. The summed E-state index contributed by atoms with van der Waals surface area (Å²) >= 11 is 0. The highest BCUT2D eigenvalue weighted by Crippen LogP contribution is 2.19. The van der Waals surface area contributed by atoms with Gasteiger partial charge in [-0.1, -0.05) is 36.4 Å². The molecule has 3 rings (SSSR count). The van der Waals surface area contributed by atoms with Gasteiger partial charge in [-0.3, -0.25) is 4.99 Å². The summed E-state index contributed by atoms with van der Waals surface area (Å²) in [6, 6.07) is 16.5. The van der Waals surface area contributed by atoms with E-state index in [1.54, 1.807) is 7.05 Å². The zero-order chi connectivity index (χ0) is 18.9. The summed E-state index contributed by atoms with van der Waals surface area (Å²) in [6.45, 7) is 4.21. The Morgan fingerprint density at radius 3 is 2.64 bits per heavy atom. The molecule has 0 radical (unpaired) electrons. The number of hydrogen-bond acceptors (Lipinski definition) is 2. The Balaban J connectivity index is 0.00000280. The zero-order valence-corrected chi connectivity index (χ0v) is 18.8. The molecule has 0 unspecified atom stereocenters. The number of aromatic nitrogens is 1. The van der Waals surface area contributed by atoms with Crippen LogP contribution in [0.4, 0.5) is 0 Å². The number of aryl methyl sites for hydroxylation is 1. The maximum absolute atomic E-state index is 5.67. The van der Waals surface area contributed by atoms with Crippen LogP contribution >= 0.6 is 24.0 Å². The van der Waals surface area contributed by atoms with Gasteiger partial charge in [-0.25, -0.2) is 0 Å². The van der Waals surface area contributed by atoms with E-state index in [0.29, 0.717) is 13.2 Å². The standard InChI is InChI=1S/C22H28N4O.HI/c1-3-27-21-13-7-4-9-18(21)16-26-22(23-2)24-14-8-10-17-15-25-20-12-6-5-11-19(17)20;/h4-7,9,11-13,15,25H,3,8,10,14,16H2,1-2H3,(H2,23,24,26);1H. The summed E-state index contributed by atoms with van der Waals surface area (Å²) in [6.07, 6.45) is 4.18. The van der Waals surface area contributed by atoms with E-state index in [1.165, 1.54) is 16.5 Å². The predicted molar refractivity (Wildman–Crippen MR) is 128 cm³/mol. The molecule has 3 N–H and O–H groups in total. The van der Waals surface area contributed by atoms with Crippen molar-refractivity contribution in [3.05, 3.63) is 65.9 Å². The average Bonchev–Trinajstić information content (AvgIpc) is 3.12. The van der Waals surface area contributed by atoms with E-state index >= 15 is 0 Å². The Bertz CT molecular complexity index is 891. The Hall–Kier alpha value is -2.22. The van der Waals surface area contributed by atoms with E-state index in [9.17, 15) is 0 Å². The van der Waals surface area contributed by atoms with Gasteiger partial charge in [0.05, 0.1) is 6.61 Å². The van der Waals surface area contributed by atoms with E-state index in [4.69, 9.17) is 4.74 Å². The van der Waals surface area contributed by atoms with Gasteiger partial charge >= 0.3 is 0 Å². The molecule has 0 spiro atoms. The van der Waals surface area contributed by atoms with Crippen molar-refractivity contribution in [3.63, 3.8) is 0 Å². The normalized spacial score (nSPS) is 11.1. The largest absolute Gasteiger partial charge is 0.494 e. The van der Waals surface area contributed by atoms with E-state index < -0.39 is 0 Å². The third-order valence-electron chi connectivity index (χ3n) is 4.53. The monoisotopic (exact) mass is 492 g/mol. The maximum Gasteiger partial charge on any atom is 0.191 e. The molecule has 0 bridgehead atoms. The molecule has 6 heteroatoms. The molecule has 0 amide bonds. The number of halogens is 1. The molecule has 3 aromatic rings. The van der Waals surface area contributed by atoms with Gasteiger partial charge in [0.2, 0.25) is 0 Å². The van der Waals surface area contributed by atoms with Crippen LogP contribution in [0.15, 0.2) is 59.7 Å². The van der Waals surface area contributed by atoms with E-state index in [-0.39, 0.29) is 24.0 Å². The predicted octanol–water partition coefficient (Wildman–Crippen LogP) is 4.48. The van der Waals surface area contributed by atoms with Crippen molar-refractivity contribution in [1.82, 2.24) is 15.6 Å². The average molecular weight is 492 g/mol. The second kappa shape index (κ2) is 11.6. The molecule has 1 heterocycles. The number of guanidine groups is 1. The quantitative estimate of drug-likeness (QED) is 0.188. The highest BCUT2D eigenvalue weighted by Gasteiger charge is 2.05. The van der Waals surface area contributed by atoms with Crippen molar-refractivity contribution in [1.29, 1.82) is 0 Å². The number of H-pyrrole nitrogens is 1. The lowest BCUT2D eigenvalue weighted by Gasteiger charge is -2.14. The molecule has 5 nitrogen and oxygen atoms in total. The summed E-state index contributed by atoms with van der Waals surface area (Å²) in [5.41, 5.74) is 3.69. The van der Waals surface area contributed by atoms with Gasteiger partial charge in [0, 0.05) is 42.8 Å². The Labute approximate surface area is 184 Å². The first-order valence-corrected chi connectivity index (χ1v) is 9.52. The number of rotatable bonds is 8. The molecular weight excluding hydrogens is 463 g/mol. The van der Waals surface area contributed by atoms with Crippen molar-refractivity contribution in [3.8, 4) is 5.75 Å². The van der Waals surface area contributed by atoms with Crippen LogP contribution in [0.2, 0.25) is 0 Å². The van der Waals surface area contributed by atoms with Crippen LogP contribution in [0.1, 0.15) is 24.5 Å². The van der Waals surface area contributed by atoms with E-state index in [2.05, 4.69) is 57.1 Å². The molecule has 0 saturated heterocycles. The minimum absolute atomic E-state index is 0. The Kier molecular flexibility index (Phi) is 9.13. The van der Waals surface area contributed by atoms with Crippen molar-refractivity contribution in [2.45, 2.75) is 26.3 Å². The topological polar surface area (TPSA) is 61.4 Å². The van der Waals surface area contributed by atoms with Crippen molar-refractivity contribution < 1.29 is 4.74 Å². The summed E-state index contributed by atoms with van der Waals surface area (Å²) in [4.78, 5) is 7.65. The van der Waals surface area contributed by atoms with Gasteiger partial charge in [0.25, 0.3) is 0 Å². The Morgan fingerprint density at radius 1 is 1.04 bits per heavy atom. The number of hydrogen-bond donors (Lipinski definition) is 3. The van der Waals surface area contributed by atoms with Gasteiger partial charge in [0.1, 0.15) is 5.75 Å². The third kappa shape index (κ3) is 5.89. The fraction of sp³-hybridized carbons (Fsp3) is 0.318. The number of para-hydroxylation sites is 2. The number of nitrogens with zero attached hydrogens (tertiary/aromatic N) is 1. The van der Waals surface area contributed by atoms with Crippen molar-refractivity contribution >= 4 is 40.8 Å². The molecule has 0 aliphatic rings. The van der Waals surface area contributed by atoms with Gasteiger partial charge in [0.15, 0.2) is 5.96 Å². The number of nitrogens with one attached hydrogen (secondary N) is 3. The number of aromatic amines is 1. The molecule has 150 valence electrons. The SMILES string of the molecule is CCOc1ccccc1CNC(=NC)NCCCc1c[nH]c2ccccc12.I. The second-order valence-corrected chi connectivity index (χ2v) is 6.36. The van der Waals surface area contributed by atoms with Crippen molar-refractivity contribution in [2.24, 2.45) is 4.99 Å². The van der Waals surface area contributed by atoms with Crippen LogP contribution in [0, 0.1) is 0 Å². The molecule has 2 aromatic carbocycles. The summed E-state index contributed by atoms with van der Waals surface area (Å²) in [5.74, 6) is 1.72. The smallest absolute Gasteiger partial charge is 0.191 e. The molecule has 0 aliphatic heterocycles. The first-order valence-electron chi connectivity index (χ1n) is 9.52. The third-order valence-corrected chi connectivity index (χ3v) is 4.53. The van der Waals surface area contributed by atoms with Crippen molar-refractivity contribution in [2.75, 3.05) is 20.2 Å². The summed E-state index contributed by atoms with van der Waals surface area (Å²) < 4.78 is 5.67. The molecule has 0 fully saturated rings. The minimum atomic E-state index is 0. The van der Waals surface area contributed by atoms with E-state index in [1.807, 2.05) is 25.1 Å². The zero-order valence-electron chi connectivity index (χ0n) is 16.5. The molecule has 0 saturated carbocycles. The van der Waals surface area contributed by atoms with Gasteiger partial charge in [-0.05, 0) is 37.5 Å². The first kappa shape index (κ1) is 22.1. The first-order chi connectivity index (χ1) is 13.3. The fourth-order valence-corrected chi connectivity index (χ4v) is 3.17. The molecule has 1 aromatic heterocycles. The number of benzene rings is 2. The van der Waals surface area contributed by atoms with Crippen LogP contribution < -0.4 is 15.4 Å². The second-order valence-electron chi connectivity index (χ2n) is 6.36. The summed E-state index contributed by atoms with van der Waals surface area (Å²) in [7, 11) is 1.80. The van der Waals surface area contributed by atoms with Gasteiger partial charge < -0.3 is 20.4 Å². The number of fused-ring (bicyclic) bond motifs is 1. The van der Waals surface area contributed by atoms with Crippen LogP contribution in [0.25, 0.3) is 10.9 Å². The van der Waals surface area contributed by atoms with E-state index in [0.717, 1.165) is 36.7 Å². The lowest BCUT2D eigenvalue weighted by molar-refractivity contribution is 0.336. The molecule has 28 heavy (non-hydrogen) atoms. The lowest BCUT2D eigenvalue weighted by Crippen LogP contribution is -2.37. The van der Waals surface area contributed by atoms with Gasteiger partial charge in [-0.2, -0.15) is 0 Å². The highest BCUT2D eigenvalue weighted by atomic mass is 127. The highest BCUT2D eigenvalue weighted by molar-refractivity contribution is 14.0. The Morgan fingerprint density at radius 2 is 1.82 bits per heavy atom. The van der Waals surface area contributed by atoms with Gasteiger partial charge in [-0.15, -0.1) is 24.0 Å². The van der Waals surface area contributed by atoms with Crippen LogP contribution in [0.3, 0.4) is 0 Å². The fourth-order valence-electron chi connectivity index (χ4n) is 3.17. The maximum atomic E-state index is 5.67. The minimum Gasteiger partial charge on any atom is -0.494 e. The van der Waals surface area contributed by atoms with Crippen LogP contribution in [0.5, 0.6) is 5.75 Å². The molecule has 0 aliphatic carbocycles. The summed E-state index contributed by atoms with van der Waals surface area (Å²) in [5, 5.41) is 8.06. The molecular formula is C22H29IN4O. The van der Waals surface area contributed by atoms with Crippen LogP contribution in [-0.2, 0) is 13.0 Å². The van der Waals surface area contributed by atoms with Crippen LogP contribution in [-0.4, -0.2) is 31.1 Å².